The highest BCUT2D eigenvalue weighted by Gasteiger charge is 2.33. The van der Waals surface area contributed by atoms with Crippen molar-refractivity contribution in [3.8, 4) is 0 Å². The third kappa shape index (κ3) is 3.14. The fourth-order valence-corrected chi connectivity index (χ4v) is 2.20. The molecule has 0 aliphatic carbocycles. The van der Waals surface area contributed by atoms with E-state index in [9.17, 15) is 0 Å². The van der Waals surface area contributed by atoms with E-state index in [1.54, 1.807) is 25.7 Å². The number of morpholine rings is 1. The van der Waals surface area contributed by atoms with Crippen LogP contribution in [0.2, 0.25) is 0 Å². The van der Waals surface area contributed by atoms with Gasteiger partial charge in [-0.3, -0.25) is 4.98 Å². The molecule has 0 amide bonds. The van der Waals surface area contributed by atoms with Gasteiger partial charge in [0.1, 0.15) is 5.82 Å². The lowest BCUT2D eigenvalue weighted by atomic mass is 10.1. The molecule has 0 saturated carbocycles. The summed E-state index contributed by atoms with van der Waals surface area (Å²) in [7, 11) is 1.69. The molecule has 2 heterocycles. The maximum absolute atomic E-state index is 5.95. The Morgan fingerprint density at radius 1 is 1.53 bits per heavy atom. The van der Waals surface area contributed by atoms with E-state index < -0.39 is 0 Å². The number of aromatic nitrogens is 2. The van der Waals surface area contributed by atoms with E-state index in [1.807, 2.05) is 0 Å². The zero-order valence-electron chi connectivity index (χ0n) is 10.6. The molecule has 0 spiro atoms. The number of hydrogen-bond donors (Lipinski definition) is 0. The molecule has 1 aromatic heterocycles. The van der Waals surface area contributed by atoms with Crippen molar-refractivity contribution in [1.29, 1.82) is 0 Å². The molecule has 0 aromatic carbocycles. The molecule has 0 radical (unpaired) electrons. The Hall–Kier alpha value is -1.20. The van der Waals surface area contributed by atoms with Crippen LogP contribution in [-0.4, -0.2) is 48.5 Å². The van der Waals surface area contributed by atoms with Crippen molar-refractivity contribution in [3.63, 3.8) is 0 Å². The maximum atomic E-state index is 5.95. The number of methoxy groups -OCH3 is 1. The van der Waals surface area contributed by atoms with Gasteiger partial charge in [-0.1, -0.05) is 0 Å². The predicted octanol–water partition coefficient (Wildman–Crippen LogP) is 1.11. The van der Waals surface area contributed by atoms with Gasteiger partial charge in [-0.2, -0.15) is 0 Å². The number of ether oxygens (including phenoxy) is 2. The summed E-state index contributed by atoms with van der Waals surface area (Å²) in [4.78, 5) is 10.6. The van der Waals surface area contributed by atoms with E-state index in [0.29, 0.717) is 6.61 Å². The number of rotatable bonds is 3. The summed E-state index contributed by atoms with van der Waals surface area (Å²) in [5.41, 5.74) is -0.195. The second kappa shape index (κ2) is 4.98. The van der Waals surface area contributed by atoms with Crippen LogP contribution in [0.5, 0.6) is 0 Å². The molecule has 17 heavy (non-hydrogen) atoms. The second-order valence-electron chi connectivity index (χ2n) is 4.90. The maximum Gasteiger partial charge on any atom is 0.147 e. The molecule has 1 atom stereocenters. The molecule has 1 aliphatic heterocycles. The topological polar surface area (TPSA) is 47.5 Å². The second-order valence-corrected chi connectivity index (χ2v) is 4.90. The smallest absolute Gasteiger partial charge is 0.147 e. The first kappa shape index (κ1) is 12.3. The Balaban J connectivity index is 2.12. The van der Waals surface area contributed by atoms with Crippen LogP contribution in [0, 0.1) is 0 Å². The van der Waals surface area contributed by atoms with E-state index in [0.717, 1.165) is 18.9 Å². The highest BCUT2D eigenvalue weighted by atomic mass is 16.5. The molecule has 0 bridgehead atoms. The van der Waals surface area contributed by atoms with Crippen LogP contribution in [0.1, 0.15) is 13.8 Å². The number of hydrogen-bond acceptors (Lipinski definition) is 5. The first-order valence-corrected chi connectivity index (χ1v) is 5.78. The van der Waals surface area contributed by atoms with Crippen molar-refractivity contribution in [3.05, 3.63) is 18.6 Å². The van der Waals surface area contributed by atoms with Crippen molar-refractivity contribution in [2.24, 2.45) is 0 Å². The van der Waals surface area contributed by atoms with Gasteiger partial charge in [0.2, 0.25) is 0 Å². The van der Waals surface area contributed by atoms with Crippen LogP contribution in [0.15, 0.2) is 18.6 Å². The molecule has 5 nitrogen and oxygen atoms in total. The standard InChI is InChI=1S/C12H19N3O2/c1-12(2)9-15(7-10(17-12)8-16-3)11-6-13-4-5-14-11/h4-6,10H,7-9H2,1-3H3. The fraction of sp³-hybridized carbons (Fsp3) is 0.667. The van der Waals surface area contributed by atoms with E-state index in [1.165, 1.54) is 0 Å². The lowest BCUT2D eigenvalue weighted by Crippen LogP contribution is -2.54. The largest absolute Gasteiger partial charge is 0.382 e. The van der Waals surface area contributed by atoms with Crippen molar-refractivity contribution >= 4 is 5.82 Å². The molecule has 0 N–H and O–H groups in total. The van der Waals surface area contributed by atoms with Crippen molar-refractivity contribution in [2.45, 2.75) is 25.6 Å². The normalized spacial score (nSPS) is 23.7. The van der Waals surface area contributed by atoms with E-state index in [2.05, 4.69) is 28.7 Å². The fourth-order valence-electron chi connectivity index (χ4n) is 2.20. The van der Waals surface area contributed by atoms with Crippen molar-refractivity contribution < 1.29 is 9.47 Å². The average Bonchev–Trinajstić information content (AvgIpc) is 2.28. The summed E-state index contributed by atoms with van der Waals surface area (Å²) in [6.07, 6.45) is 5.25. The molecule has 94 valence electrons. The summed E-state index contributed by atoms with van der Waals surface area (Å²) in [6, 6.07) is 0. The van der Waals surface area contributed by atoms with Crippen LogP contribution in [-0.2, 0) is 9.47 Å². The minimum atomic E-state index is -0.195. The van der Waals surface area contributed by atoms with Gasteiger partial charge < -0.3 is 14.4 Å². The van der Waals surface area contributed by atoms with Gasteiger partial charge in [0.25, 0.3) is 0 Å². The molecule has 1 fully saturated rings. The molecule has 5 heteroatoms. The van der Waals surface area contributed by atoms with Gasteiger partial charge in [0, 0.05) is 32.6 Å². The molecule has 1 unspecified atom stereocenters. The van der Waals surface area contributed by atoms with Crippen molar-refractivity contribution in [1.82, 2.24) is 9.97 Å². The SMILES string of the molecule is COCC1CN(c2cnccn2)CC(C)(C)O1. The van der Waals surface area contributed by atoms with Gasteiger partial charge in [0.05, 0.1) is 24.5 Å². The Labute approximate surface area is 102 Å². The van der Waals surface area contributed by atoms with Gasteiger partial charge in [-0.15, -0.1) is 0 Å². The third-order valence-electron chi connectivity index (χ3n) is 2.71. The zero-order chi connectivity index (χ0) is 12.3. The molecule has 1 aliphatic rings. The monoisotopic (exact) mass is 237 g/mol. The minimum Gasteiger partial charge on any atom is -0.382 e. The molecule has 1 aromatic rings. The Morgan fingerprint density at radius 2 is 2.35 bits per heavy atom. The lowest BCUT2D eigenvalue weighted by Gasteiger charge is -2.43. The van der Waals surface area contributed by atoms with Gasteiger partial charge >= 0.3 is 0 Å². The van der Waals surface area contributed by atoms with Crippen molar-refractivity contribution in [2.75, 3.05) is 31.7 Å². The average molecular weight is 237 g/mol. The van der Waals surface area contributed by atoms with Gasteiger partial charge in [0.15, 0.2) is 0 Å². The summed E-state index contributed by atoms with van der Waals surface area (Å²) >= 11 is 0. The Kier molecular flexibility index (Phi) is 3.59. The summed E-state index contributed by atoms with van der Waals surface area (Å²) in [5.74, 6) is 0.893. The number of nitrogens with zero attached hydrogens (tertiary/aromatic N) is 3. The Bertz CT molecular complexity index is 356. The zero-order valence-corrected chi connectivity index (χ0v) is 10.6. The van der Waals surface area contributed by atoms with Crippen LogP contribution in [0.3, 0.4) is 0 Å². The minimum absolute atomic E-state index is 0.0748. The lowest BCUT2D eigenvalue weighted by molar-refractivity contribution is -0.106. The highest BCUT2D eigenvalue weighted by Crippen LogP contribution is 2.24. The Morgan fingerprint density at radius 3 is 3.00 bits per heavy atom. The highest BCUT2D eigenvalue weighted by molar-refractivity contribution is 5.36. The summed E-state index contributed by atoms with van der Waals surface area (Å²) in [6.45, 7) is 6.36. The number of anilines is 1. The van der Waals surface area contributed by atoms with Gasteiger partial charge in [-0.05, 0) is 13.8 Å². The van der Waals surface area contributed by atoms with Gasteiger partial charge in [-0.25, -0.2) is 4.98 Å². The summed E-state index contributed by atoms with van der Waals surface area (Å²) in [5, 5.41) is 0. The van der Waals surface area contributed by atoms with Crippen LogP contribution in [0.4, 0.5) is 5.82 Å². The quantitative estimate of drug-likeness (QED) is 0.788. The molecular formula is C12H19N3O2. The molecule has 2 rings (SSSR count). The van der Waals surface area contributed by atoms with Crippen LogP contribution in [0.25, 0.3) is 0 Å². The first-order chi connectivity index (χ1) is 8.11. The van der Waals surface area contributed by atoms with E-state index in [4.69, 9.17) is 9.47 Å². The van der Waals surface area contributed by atoms with E-state index >= 15 is 0 Å². The molecular weight excluding hydrogens is 218 g/mol. The van der Waals surface area contributed by atoms with E-state index in [-0.39, 0.29) is 11.7 Å². The molecule has 1 saturated heterocycles. The summed E-state index contributed by atoms with van der Waals surface area (Å²) < 4.78 is 11.1. The third-order valence-corrected chi connectivity index (χ3v) is 2.71. The van der Waals surface area contributed by atoms with Crippen LogP contribution >= 0.6 is 0 Å². The first-order valence-electron chi connectivity index (χ1n) is 5.78. The van der Waals surface area contributed by atoms with Crippen LogP contribution < -0.4 is 4.90 Å². The predicted molar refractivity (Wildman–Crippen MR) is 65.1 cm³/mol.